The molecule has 3 aromatic rings. The lowest BCUT2D eigenvalue weighted by Crippen LogP contribution is -2.32. The fraction of sp³-hybridized carbons (Fsp3) is 0.154. The number of halogens is 1. The highest BCUT2D eigenvalue weighted by Gasteiger charge is 2.15. The summed E-state index contributed by atoms with van der Waals surface area (Å²) < 4.78 is 6.48. The lowest BCUT2D eigenvalue weighted by molar-refractivity contribution is -0.136. The third-order valence-electron chi connectivity index (χ3n) is 5.00. The van der Waals surface area contributed by atoms with Crippen molar-refractivity contribution < 1.29 is 19.1 Å². The standard InChI is InChI=1S/C26H25BrN4O4/c1-16-5-4-6-17(2)24(16)30-25(33)26(34)31-28-14-19-7-10-21(11-8-19)35-15-23(32)29-20-9-12-22(27)18(3)13-20/h4-14H,15H2,1-3H3,(H,29,32)(H,30,33)(H,31,34)/b28-14-. The van der Waals surface area contributed by atoms with Crippen LogP contribution in [0.5, 0.6) is 5.75 Å². The van der Waals surface area contributed by atoms with Crippen LogP contribution in [0, 0.1) is 20.8 Å². The van der Waals surface area contributed by atoms with Crippen LogP contribution in [0.1, 0.15) is 22.3 Å². The number of rotatable bonds is 7. The first kappa shape index (κ1) is 25.6. The normalized spacial score (nSPS) is 10.6. The van der Waals surface area contributed by atoms with Crippen molar-refractivity contribution in [3.8, 4) is 5.75 Å². The summed E-state index contributed by atoms with van der Waals surface area (Å²) in [7, 11) is 0. The molecule has 0 aliphatic rings. The molecular weight excluding hydrogens is 512 g/mol. The summed E-state index contributed by atoms with van der Waals surface area (Å²) >= 11 is 3.42. The predicted molar refractivity (Wildman–Crippen MR) is 140 cm³/mol. The number of ether oxygens (including phenoxy) is 1. The number of amides is 3. The minimum Gasteiger partial charge on any atom is -0.484 e. The first-order valence-electron chi connectivity index (χ1n) is 10.7. The molecule has 9 heteroatoms. The van der Waals surface area contributed by atoms with Gasteiger partial charge in [-0.15, -0.1) is 0 Å². The monoisotopic (exact) mass is 536 g/mol. The number of hydrogen-bond donors (Lipinski definition) is 3. The van der Waals surface area contributed by atoms with Crippen LogP contribution in [-0.2, 0) is 14.4 Å². The van der Waals surface area contributed by atoms with E-state index in [1.807, 2.05) is 51.1 Å². The number of hydrogen-bond acceptors (Lipinski definition) is 5. The summed E-state index contributed by atoms with van der Waals surface area (Å²) in [5.74, 6) is -1.46. The van der Waals surface area contributed by atoms with Gasteiger partial charge >= 0.3 is 11.8 Å². The van der Waals surface area contributed by atoms with E-state index in [9.17, 15) is 14.4 Å². The van der Waals surface area contributed by atoms with Gasteiger partial charge in [0, 0.05) is 15.8 Å². The number of para-hydroxylation sites is 1. The predicted octanol–water partition coefficient (Wildman–Crippen LogP) is 4.48. The number of hydrazone groups is 1. The Morgan fingerprint density at radius 2 is 1.57 bits per heavy atom. The maximum atomic E-state index is 12.1. The van der Waals surface area contributed by atoms with E-state index in [1.165, 1.54) is 6.21 Å². The molecule has 35 heavy (non-hydrogen) atoms. The fourth-order valence-electron chi connectivity index (χ4n) is 3.12. The van der Waals surface area contributed by atoms with Gasteiger partial charge in [-0.1, -0.05) is 34.1 Å². The Morgan fingerprint density at radius 3 is 2.23 bits per heavy atom. The van der Waals surface area contributed by atoms with E-state index < -0.39 is 11.8 Å². The molecule has 0 fully saturated rings. The number of benzene rings is 3. The average Bonchev–Trinajstić information content (AvgIpc) is 2.83. The van der Waals surface area contributed by atoms with Gasteiger partial charge in [0.15, 0.2) is 6.61 Å². The molecule has 0 saturated heterocycles. The molecule has 3 amide bonds. The van der Waals surface area contributed by atoms with Crippen molar-refractivity contribution in [2.75, 3.05) is 17.2 Å². The molecule has 0 spiro atoms. The van der Waals surface area contributed by atoms with Gasteiger partial charge in [-0.25, -0.2) is 5.43 Å². The lowest BCUT2D eigenvalue weighted by Gasteiger charge is -2.10. The van der Waals surface area contributed by atoms with Gasteiger partial charge in [-0.05, 0) is 85.5 Å². The topological polar surface area (TPSA) is 109 Å². The van der Waals surface area contributed by atoms with E-state index in [-0.39, 0.29) is 12.5 Å². The largest absolute Gasteiger partial charge is 0.484 e. The van der Waals surface area contributed by atoms with Crippen molar-refractivity contribution in [3.05, 3.63) is 87.4 Å². The van der Waals surface area contributed by atoms with Gasteiger partial charge in [-0.2, -0.15) is 5.10 Å². The van der Waals surface area contributed by atoms with E-state index >= 15 is 0 Å². The van der Waals surface area contributed by atoms with Crippen LogP contribution < -0.4 is 20.8 Å². The van der Waals surface area contributed by atoms with Crippen molar-refractivity contribution in [3.63, 3.8) is 0 Å². The number of carbonyl (C=O) groups excluding carboxylic acids is 3. The number of aryl methyl sites for hydroxylation is 3. The van der Waals surface area contributed by atoms with Gasteiger partial charge in [0.1, 0.15) is 5.75 Å². The van der Waals surface area contributed by atoms with Crippen LogP contribution in [0.3, 0.4) is 0 Å². The van der Waals surface area contributed by atoms with Crippen LogP contribution in [0.25, 0.3) is 0 Å². The molecule has 3 N–H and O–H groups in total. The second-order valence-corrected chi connectivity index (χ2v) is 8.64. The second kappa shape index (κ2) is 11.9. The highest BCUT2D eigenvalue weighted by atomic mass is 79.9. The van der Waals surface area contributed by atoms with Crippen molar-refractivity contribution in [1.82, 2.24) is 5.43 Å². The van der Waals surface area contributed by atoms with E-state index in [1.54, 1.807) is 30.3 Å². The molecule has 8 nitrogen and oxygen atoms in total. The van der Waals surface area contributed by atoms with Crippen LogP contribution >= 0.6 is 15.9 Å². The Balaban J connectivity index is 1.45. The van der Waals surface area contributed by atoms with Crippen molar-refractivity contribution >= 4 is 51.2 Å². The first-order valence-corrected chi connectivity index (χ1v) is 11.5. The summed E-state index contributed by atoms with van der Waals surface area (Å²) in [5.41, 5.74) is 6.90. The molecular formula is C26H25BrN4O4. The highest BCUT2D eigenvalue weighted by molar-refractivity contribution is 9.10. The fourth-order valence-corrected chi connectivity index (χ4v) is 3.36. The zero-order valence-electron chi connectivity index (χ0n) is 19.5. The SMILES string of the molecule is Cc1cc(NC(=O)COc2ccc(/C=N\NC(=O)C(=O)Nc3c(C)cccc3C)cc2)ccc1Br. The molecule has 3 aromatic carbocycles. The summed E-state index contributed by atoms with van der Waals surface area (Å²) in [5, 5.41) is 9.20. The van der Waals surface area contributed by atoms with Gasteiger partial charge < -0.3 is 15.4 Å². The molecule has 0 radical (unpaired) electrons. The quantitative estimate of drug-likeness (QED) is 0.235. The molecule has 0 saturated carbocycles. The van der Waals surface area contributed by atoms with Gasteiger partial charge in [0.05, 0.1) is 6.21 Å². The molecule has 180 valence electrons. The molecule has 0 bridgehead atoms. The Bertz CT molecular complexity index is 1250. The van der Waals surface area contributed by atoms with Crippen LogP contribution in [0.2, 0.25) is 0 Å². The number of anilines is 2. The van der Waals surface area contributed by atoms with E-state index in [4.69, 9.17) is 4.74 Å². The zero-order chi connectivity index (χ0) is 25.4. The molecule has 3 rings (SSSR count). The Morgan fingerprint density at radius 1 is 0.886 bits per heavy atom. The van der Waals surface area contributed by atoms with Gasteiger partial charge in [0.2, 0.25) is 0 Å². The van der Waals surface area contributed by atoms with Crippen LogP contribution in [0.15, 0.2) is 70.2 Å². The minimum atomic E-state index is -0.879. The smallest absolute Gasteiger partial charge is 0.329 e. The molecule has 0 aliphatic carbocycles. The maximum Gasteiger partial charge on any atom is 0.329 e. The number of nitrogens with one attached hydrogen (secondary N) is 3. The summed E-state index contributed by atoms with van der Waals surface area (Å²) in [6.45, 7) is 5.49. The summed E-state index contributed by atoms with van der Waals surface area (Å²) in [4.78, 5) is 36.3. The van der Waals surface area contributed by atoms with Gasteiger partial charge in [0.25, 0.3) is 5.91 Å². The molecule has 0 aliphatic heterocycles. The number of nitrogens with zero attached hydrogens (tertiary/aromatic N) is 1. The average molecular weight is 537 g/mol. The third-order valence-corrected chi connectivity index (χ3v) is 5.89. The molecule has 0 atom stereocenters. The third kappa shape index (κ3) is 7.51. The Kier molecular flexibility index (Phi) is 8.74. The van der Waals surface area contributed by atoms with E-state index in [2.05, 4.69) is 37.1 Å². The number of carbonyl (C=O) groups is 3. The molecule has 0 aromatic heterocycles. The van der Waals surface area contributed by atoms with Gasteiger partial charge in [-0.3, -0.25) is 14.4 Å². The maximum absolute atomic E-state index is 12.1. The molecule has 0 unspecified atom stereocenters. The van der Waals surface area contributed by atoms with E-state index in [0.29, 0.717) is 22.7 Å². The first-order chi connectivity index (χ1) is 16.7. The van der Waals surface area contributed by atoms with E-state index in [0.717, 1.165) is 21.2 Å². The molecule has 0 heterocycles. The minimum absolute atomic E-state index is 0.145. The summed E-state index contributed by atoms with van der Waals surface area (Å²) in [6.07, 6.45) is 1.40. The van der Waals surface area contributed by atoms with Crippen molar-refractivity contribution in [1.29, 1.82) is 0 Å². The van der Waals surface area contributed by atoms with Crippen LogP contribution in [0.4, 0.5) is 11.4 Å². The zero-order valence-corrected chi connectivity index (χ0v) is 21.1. The summed E-state index contributed by atoms with van der Waals surface area (Å²) in [6, 6.07) is 17.9. The Labute approximate surface area is 211 Å². The Hall–Kier alpha value is -3.98. The van der Waals surface area contributed by atoms with Crippen LogP contribution in [-0.4, -0.2) is 30.5 Å². The van der Waals surface area contributed by atoms with Crippen molar-refractivity contribution in [2.45, 2.75) is 20.8 Å². The highest BCUT2D eigenvalue weighted by Crippen LogP contribution is 2.20. The lowest BCUT2D eigenvalue weighted by atomic mass is 10.1. The second-order valence-electron chi connectivity index (χ2n) is 7.79. The van der Waals surface area contributed by atoms with Crippen molar-refractivity contribution in [2.24, 2.45) is 5.10 Å².